The first-order chi connectivity index (χ1) is 15.7. The van der Waals surface area contributed by atoms with Crippen LogP contribution in [0.2, 0.25) is 0 Å². The first kappa shape index (κ1) is 24.9. The number of amidine groups is 1. The Balaban J connectivity index is 0.000000709. The van der Waals surface area contributed by atoms with E-state index in [1.165, 1.54) is 26.7 Å². The summed E-state index contributed by atoms with van der Waals surface area (Å²) < 4.78 is 28.1. The third kappa shape index (κ3) is 7.64. The number of nitrogens with zero attached hydrogens (tertiary/aromatic N) is 1. The zero-order valence-corrected chi connectivity index (χ0v) is 20.6. The first-order valence-electron chi connectivity index (χ1n) is 9.82. The molecule has 1 aliphatic rings. The molecule has 0 bridgehead atoms. The fourth-order valence-corrected chi connectivity index (χ4v) is 4.03. The van der Waals surface area contributed by atoms with Gasteiger partial charge in [-0.05, 0) is 23.3 Å². The number of carboxylic acids is 1. The Labute approximate surface area is 211 Å². The standard InChI is InChI=1S/C22H13F2N2OS.C2H4O2.Na/c23-17-11-16(12-18(24)13-17)15-8-6-14(7-9-15)10-20-21(27)26-22(28-20)25-19-4-2-1-3-5-19;1-2(3)4;/h2-13H,(H,25,26,27);1H3,(H,3,4);. The van der Waals surface area contributed by atoms with Crippen LogP contribution >= 0.6 is 11.8 Å². The number of aliphatic carboxylic acids is 1. The summed E-state index contributed by atoms with van der Waals surface area (Å²) in [6, 6.07) is 18.5. The minimum absolute atomic E-state index is 0.298. The number of amides is 1. The third-order valence-electron chi connectivity index (χ3n) is 4.33. The molecule has 0 saturated heterocycles. The van der Waals surface area contributed by atoms with Crippen LogP contribution < -0.4 is 8.13 Å². The van der Waals surface area contributed by atoms with Crippen LogP contribution in [0.1, 0.15) is 12.5 Å². The van der Waals surface area contributed by atoms with Crippen LogP contribution in [0.25, 0.3) is 17.2 Å². The van der Waals surface area contributed by atoms with Gasteiger partial charge >= 0.3 is 139 Å². The summed E-state index contributed by atoms with van der Waals surface area (Å²) in [6.45, 7) is 1.08. The molecule has 0 fully saturated rings. The van der Waals surface area contributed by atoms with Crippen molar-refractivity contribution >= 4 is 71.3 Å². The first-order valence-corrected chi connectivity index (χ1v) is 11.6. The molecule has 3 aromatic carbocycles. The summed E-state index contributed by atoms with van der Waals surface area (Å²) >= 11 is 2.27. The molecule has 0 saturated carbocycles. The van der Waals surface area contributed by atoms with Crippen LogP contribution in [0, 0.1) is 11.6 Å². The average Bonchev–Trinajstić information content (AvgIpc) is 3.08. The van der Waals surface area contributed by atoms with Gasteiger partial charge in [-0.15, -0.1) is 0 Å². The van der Waals surface area contributed by atoms with Crippen LogP contribution in [-0.2, 0) is 9.59 Å². The van der Waals surface area contributed by atoms with E-state index in [1.54, 1.807) is 30.3 Å². The van der Waals surface area contributed by atoms with E-state index in [1.807, 2.05) is 24.3 Å². The summed E-state index contributed by atoms with van der Waals surface area (Å²) in [5.41, 5.74) is 2.84. The van der Waals surface area contributed by atoms with Gasteiger partial charge in [-0.2, -0.15) is 0 Å². The number of thioether (sulfide) groups is 1. The Morgan fingerprint density at radius 3 is 2.15 bits per heavy atom. The Morgan fingerprint density at radius 1 is 1.00 bits per heavy atom. The molecular formula is C24H17F2N2NaO3S. The van der Waals surface area contributed by atoms with Crippen molar-refractivity contribution in [1.29, 1.82) is 0 Å². The van der Waals surface area contributed by atoms with Crippen LogP contribution in [0.3, 0.4) is 0 Å². The second kappa shape index (κ2) is 11.4. The van der Waals surface area contributed by atoms with Crippen molar-refractivity contribution in [3.8, 4) is 11.1 Å². The molecule has 0 unspecified atom stereocenters. The van der Waals surface area contributed by atoms with Crippen LogP contribution in [0.4, 0.5) is 14.5 Å². The van der Waals surface area contributed by atoms with E-state index >= 15 is 0 Å². The summed E-state index contributed by atoms with van der Waals surface area (Å²) in [5, 5.41) is 11.1. The van der Waals surface area contributed by atoms with E-state index in [4.69, 9.17) is 9.90 Å². The summed E-state index contributed by atoms with van der Waals surface area (Å²) in [5.74, 6) is -2.37. The van der Waals surface area contributed by atoms with Gasteiger partial charge < -0.3 is 5.11 Å². The van der Waals surface area contributed by atoms with Crippen molar-refractivity contribution in [3.05, 3.63) is 88.8 Å². The maximum atomic E-state index is 13.4. The molecule has 33 heavy (non-hydrogen) atoms. The van der Waals surface area contributed by atoms with E-state index < -0.39 is 17.6 Å². The van der Waals surface area contributed by atoms with Gasteiger partial charge in [-0.25, -0.2) is 8.78 Å². The van der Waals surface area contributed by atoms with Crippen molar-refractivity contribution in [2.24, 2.45) is 4.99 Å². The minimum atomic E-state index is -0.833. The molecule has 0 aliphatic carbocycles. The van der Waals surface area contributed by atoms with E-state index in [9.17, 15) is 13.6 Å². The van der Waals surface area contributed by atoms with Crippen LogP contribution in [-0.4, -0.2) is 50.1 Å². The van der Waals surface area contributed by atoms with Gasteiger partial charge in [-0.1, -0.05) is 0 Å². The fourth-order valence-electron chi connectivity index (χ4n) is 2.87. The molecule has 0 radical (unpaired) electrons. The molecule has 0 aromatic heterocycles. The van der Waals surface area contributed by atoms with Gasteiger partial charge in [0.2, 0.25) is 0 Å². The molecule has 0 spiro atoms. The second-order valence-electron chi connectivity index (χ2n) is 7.12. The van der Waals surface area contributed by atoms with Crippen molar-refractivity contribution in [1.82, 2.24) is 0 Å². The number of carboxylic acid groups (broad SMARTS) is 1. The SMILES string of the molecule is CC(=O)O.O=C1N=C(Nc2cc[c]([Na])cc2)SC1=Cc1ccc(-c2cc(F)cc(F)c2)cc1. The monoisotopic (exact) mass is 474 g/mol. The maximum absolute atomic E-state index is 13.4. The number of halogens is 2. The number of hydrogen-bond donors (Lipinski definition) is 2. The number of carbonyl (C=O) groups is 2. The van der Waals surface area contributed by atoms with Crippen LogP contribution in [0.15, 0.2) is 76.6 Å². The predicted molar refractivity (Wildman–Crippen MR) is 129 cm³/mol. The Bertz CT molecular complexity index is 1220. The molecule has 5 nitrogen and oxygen atoms in total. The van der Waals surface area contributed by atoms with Crippen molar-refractivity contribution in [2.45, 2.75) is 6.92 Å². The van der Waals surface area contributed by atoms with Gasteiger partial charge in [-0.3, -0.25) is 4.79 Å². The van der Waals surface area contributed by atoms with Crippen molar-refractivity contribution < 1.29 is 23.5 Å². The van der Waals surface area contributed by atoms with Crippen LogP contribution in [0.5, 0.6) is 0 Å². The van der Waals surface area contributed by atoms with Gasteiger partial charge in [0.05, 0.1) is 0 Å². The molecule has 3 aromatic rings. The molecule has 1 amide bonds. The molecule has 2 N–H and O–H groups in total. The van der Waals surface area contributed by atoms with E-state index in [-0.39, 0.29) is 5.91 Å². The van der Waals surface area contributed by atoms with E-state index in [0.717, 1.165) is 52.2 Å². The summed E-state index contributed by atoms with van der Waals surface area (Å²) in [6.07, 6.45) is 1.75. The van der Waals surface area contributed by atoms with Crippen molar-refractivity contribution in [2.75, 3.05) is 5.32 Å². The van der Waals surface area contributed by atoms with Gasteiger partial charge in [0.15, 0.2) is 0 Å². The summed E-state index contributed by atoms with van der Waals surface area (Å²) in [7, 11) is 0. The Hall–Kier alpha value is -2.78. The topological polar surface area (TPSA) is 78.8 Å². The number of nitrogens with one attached hydrogen (secondary N) is 1. The number of benzene rings is 3. The zero-order valence-electron chi connectivity index (χ0n) is 17.8. The normalized spacial score (nSPS) is 13.9. The molecule has 4 rings (SSSR count). The average molecular weight is 474 g/mol. The second-order valence-corrected chi connectivity index (χ2v) is 9.31. The van der Waals surface area contributed by atoms with E-state index in [2.05, 4.69) is 10.3 Å². The quantitative estimate of drug-likeness (QED) is 0.429. The van der Waals surface area contributed by atoms with E-state index in [0.29, 0.717) is 21.2 Å². The molecule has 1 heterocycles. The molecule has 162 valence electrons. The fraction of sp³-hybridized carbons (Fsp3) is 0.0417. The van der Waals surface area contributed by atoms with Gasteiger partial charge in [0.1, 0.15) is 11.6 Å². The predicted octanol–water partition coefficient (Wildman–Crippen LogP) is 4.60. The third-order valence-corrected chi connectivity index (χ3v) is 5.89. The molecular weight excluding hydrogens is 457 g/mol. The van der Waals surface area contributed by atoms with Gasteiger partial charge in [0, 0.05) is 13.0 Å². The number of anilines is 1. The Morgan fingerprint density at radius 2 is 1.58 bits per heavy atom. The number of aliphatic imine (C=N–C) groups is 1. The molecule has 9 heteroatoms. The molecule has 0 atom stereocenters. The van der Waals surface area contributed by atoms with Crippen molar-refractivity contribution in [3.63, 3.8) is 0 Å². The number of hydrogen-bond acceptors (Lipinski definition) is 4. The summed E-state index contributed by atoms with van der Waals surface area (Å²) in [4.78, 5) is 25.8. The van der Waals surface area contributed by atoms with Gasteiger partial charge in [0.25, 0.3) is 5.97 Å². The number of carbonyl (C=O) groups excluding carboxylic acids is 1. The zero-order chi connectivity index (χ0) is 24.0. The molecule has 1 aliphatic heterocycles. The number of rotatable bonds is 3. The Kier molecular flexibility index (Phi) is 8.57.